The van der Waals surface area contributed by atoms with Gasteiger partial charge in [0.1, 0.15) is 0 Å². The molecule has 18 heavy (non-hydrogen) atoms. The van der Waals surface area contributed by atoms with Crippen LogP contribution in [-0.4, -0.2) is 62.0 Å². The fraction of sp³-hybridized carbons (Fsp3) is 0.929. The Morgan fingerprint density at radius 2 is 2.22 bits per heavy atom. The van der Waals surface area contributed by atoms with Crippen molar-refractivity contribution in [2.45, 2.75) is 39.2 Å². The van der Waals surface area contributed by atoms with Crippen molar-refractivity contribution in [1.29, 1.82) is 0 Å². The molecule has 2 atom stereocenters. The van der Waals surface area contributed by atoms with Gasteiger partial charge in [-0.15, -0.1) is 0 Å². The first-order valence-corrected chi connectivity index (χ1v) is 7.20. The minimum atomic E-state index is 0.202. The molecule has 106 valence electrons. The lowest BCUT2D eigenvalue weighted by Crippen LogP contribution is -2.45. The monoisotopic (exact) mass is 255 g/mol. The van der Waals surface area contributed by atoms with Crippen molar-refractivity contribution in [3.05, 3.63) is 0 Å². The second-order valence-electron chi connectivity index (χ2n) is 5.58. The van der Waals surface area contributed by atoms with Crippen LogP contribution in [0.2, 0.25) is 0 Å². The summed E-state index contributed by atoms with van der Waals surface area (Å²) in [6.45, 7) is 8.88. The summed E-state index contributed by atoms with van der Waals surface area (Å²) >= 11 is 0. The number of nitrogens with zero attached hydrogens (tertiary/aromatic N) is 2. The van der Waals surface area contributed by atoms with Gasteiger partial charge in [0.2, 0.25) is 5.91 Å². The van der Waals surface area contributed by atoms with E-state index in [2.05, 4.69) is 24.1 Å². The van der Waals surface area contributed by atoms with E-state index in [1.807, 2.05) is 14.1 Å². The Morgan fingerprint density at radius 3 is 2.83 bits per heavy atom. The molecule has 0 aromatic rings. The summed E-state index contributed by atoms with van der Waals surface area (Å²) in [5.41, 5.74) is 0. The molecule has 1 aliphatic rings. The van der Waals surface area contributed by atoms with E-state index in [0.29, 0.717) is 12.5 Å². The van der Waals surface area contributed by atoms with Crippen LogP contribution in [0.1, 0.15) is 33.1 Å². The first kappa shape index (κ1) is 15.4. The third-order valence-corrected chi connectivity index (χ3v) is 4.00. The summed E-state index contributed by atoms with van der Waals surface area (Å²) in [6, 6.07) is 0.509. The predicted octanol–water partition coefficient (Wildman–Crippen LogP) is 1.17. The molecule has 0 aromatic heterocycles. The van der Waals surface area contributed by atoms with E-state index in [1.54, 1.807) is 4.90 Å². The molecule has 0 saturated carbocycles. The van der Waals surface area contributed by atoms with Gasteiger partial charge in [-0.3, -0.25) is 4.79 Å². The molecule has 1 heterocycles. The molecular formula is C14H29N3O. The molecular weight excluding hydrogens is 226 g/mol. The fourth-order valence-corrected chi connectivity index (χ4v) is 2.58. The third-order valence-electron chi connectivity index (χ3n) is 4.00. The zero-order chi connectivity index (χ0) is 13.5. The normalized spacial score (nSPS) is 22.8. The van der Waals surface area contributed by atoms with E-state index in [1.165, 1.54) is 25.9 Å². The zero-order valence-corrected chi connectivity index (χ0v) is 12.4. The molecule has 0 radical (unpaired) electrons. The van der Waals surface area contributed by atoms with Crippen LogP contribution in [0.3, 0.4) is 0 Å². The summed E-state index contributed by atoms with van der Waals surface area (Å²) < 4.78 is 0. The Hall–Kier alpha value is -0.610. The highest BCUT2D eigenvalue weighted by atomic mass is 16.2. The van der Waals surface area contributed by atoms with Crippen LogP contribution >= 0.6 is 0 Å². The van der Waals surface area contributed by atoms with E-state index in [-0.39, 0.29) is 5.91 Å². The van der Waals surface area contributed by atoms with Crippen LogP contribution in [0.15, 0.2) is 0 Å². The maximum atomic E-state index is 11.5. The standard InChI is InChI=1S/C14H29N3O/c1-5-17-10-6-7-13(11-17)12(2)15-9-8-14(18)16(3)4/h12-13,15H,5-11H2,1-4H3. The number of carbonyl (C=O) groups excluding carboxylic acids is 1. The van der Waals surface area contributed by atoms with Gasteiger partial charge < -0.3 is 15.1 Å². The van der Waals surface area contributed by atoms with Gasteiger partial charge in [-0.1, -0.05) is 6.92 Å². The van der Waals surface area contributed by atoms with Gasteiger partial charge >= 0.3 is 0 Å². The Labute approximate surface area is 112 Å². The number of hydrogen-bond acceptors (Lipinski definition) is 3. The average Bonchev–Trinajstić information content (AvgIpc) is 2.38. The molecule has 1 rings (SSSR count). The third kappa shape index (κ3) is 4.94. The van der Waals surface area contributed by atoms with Crippen molar-refractivity contribution in [2.24, 2.45) is 5.92 Å². The van der Waals surface area contributed by atoms with Gasteiger partial charge in [0.15, 0.2) is 0 Å². The number of rotatable bonds is 6. The molecule has 0 spiro atoms. The molecule has 1 amide bonds. The topological polar surface area (TPSA) is 35.6 Å². The summed E-state index contributed by atoms with van der Waals surface area (Å²) in [4.78, 5) is 15.7. The van der Waals surface area contributed by atoms with E-state index >= 15 is 0 Å². The molecule has 1 fully saturated rings. The lowest BCUT2D eigenvalue weighted by molar-refractivity contribution is -0.128. The van der Waals surface area contributed by atoms with Crippen LogP contribution < -0.4 is 5.32 Å². The Kier molecular flexibility index (Phi) is 6.65. The first-order chi connectivity index (χ1) is 8.54. The van der Waals surface area contributed by atoms with Crippen LogP contribution in [0.25, 0.3) is 0 Å². The highest BCUT2D eigenvalue weighted by Crippen LogP contribution is 2.19. The predicted molar refractivity (Wildman–Crippen MR) is 75.6 cm³/mol. The van der Waals surface area contributed by atoms with Crippen molar-refractivity contribution in [3.8, 4) is 0 Å². The van der Waals surface area contributed by atoms with Crippen LogP contribution in [0.4, 0.5) is 0 Å². The zero-order valence-electron chi connectivity index (χ0n) is 12.4. The summed E-state index contributed by atoms with van der Waals surface area (Å²) in [6.07, 6.45) is 3.22. The van der Waals surface area contributed by atoms with Gasteiger partial charge in [0, 0.05) is 39.6 Å². The van der Waals surface area contributed by atoms with Crippen LogP contribution in [-0.2, 0) is 4.79 Å². The molecule has 4 nitrogen and oxygen atoms in total. The van der Waals surface area contributed by atoms with E-state index < -0.39 is 0 Å². The number of amides is 1. The highest BCUT2D eigenvalue weighted by Gasteiger charge is 2.23. The number of likely N-dealkylation sites (tertiary alicyclic amines) is 1. The van der Waals surface area contributed by atoms with Gasteiger partial charge in [-0.05, 0) is 38.8 Å². The van der Waals surface area contributed by atoms with Crippen molar-refractivity contribution >= 4 is 5.91 Å². The minimum absolute atomic E-state index is 0.202. The number of piperidine rings is 1. The largest absolute Gasteiger partial charge is 0.349 e. The first-order valence-electron chi connectivity index (χ1n) is 7.20. The van der Waals surface area contributed by atoms with E-state index in [4.69, 9.17) is 0 Å². The number of hydrogen-bond donors (Lipinski definition) is 1. The Bertz CT molecular complexity index is 255. The lowest BCUT2D eigenvalue weighted by Gasteiger charge is -2.35. The van der Waals surface area contributed by atoms with E-state index in [9.17, 15) is 4.79 Å². The molecule has 4 heteroatoms. The molecule has 1 N–H and O–H groups in total. The van der Waals surface area contributed by atoms with Crippen molar-refractivity contribution < 1.29 is 4.79 Å². The maximum absolute atomic E-state index is 11.5. The van der Waals surface area contributed by atoms with Crippen molar-refractivity contribution in [1.82, 2.24) is 15.1 Å². The smallest absolute Gasteiger partial charge is 0.223 e. The van der Waals surface area contributed by atoms with Gasteiger partial charge in [-0.2, -0.15) is 0 Å². The SMILES string of the molecule is CCN1CCCC(C(C)NCCC(=O)N(C)C)C1. The molecule has 2 unspecified atom stereocenters. The Morgan fingerprint density at radius 1 is 1.50 bits per heavy atom. The molecule has 0 bridgehead atoms. The fourth-order valence-electron chi connectivity index (χ4n) is 2.58. The number of nitrogens with one attached hydrogen (secondary N) is 1. The quantitative estimate of drug-likeness (QED) is 0.774. The van der Waals surface area contributed by atoms with E-state index in [0.717, 1.165) is 19.0 Å². The average molecular weight is 255 g/mol. The lowest BCUT2D eigenvalue weighted by atomic mass is 9.91. The van der Waals surface area contributed by atoms with Crippen LogP contribution in [0, 0.1) is 5.92 Å². The van der Waals surface area contributed by atoms with Crippen molar-refractivity contribution in [2.75, 3.05) is 40.3 Å². The summed E-state index contributed by atoms with van der Waals surface area (Å²) in [7, 11) is 3.62. The van der Waals surface area contributed by atoms with Crippen molar-refractivity contribution in [3.63, 3.8) is 0 Å². The minimum Gasteiger partial charge on any atom is -0.349 e. The number of carbonyl (C=O) groups is 1. The molecule has 0 aliphatic carbocycles. The summed E-state index contributed by atoms with van der Waals surface area (Å²) in [5, 5.41) is 3.51. The Balaban J connectivity index is 2.23. The maximum Gasteiger partial charge on any atom is 0.223 e. The summed E-state index contributed by atoms with van der Waals surface area (Å²) in [5.74, 6) is 0.932. The second-order valence-corrected chi connectivity index (χ2v) is 5.58. The highest BCUT2D eigenvalue weighted by molar-refractivity contribution is 5.75. The van der Waals surface area contributed by atoms with Gasteiger partial charge in [0.25, 0.3) is 0 Å². The molecule has 0 aromatic carbocycles. The van der Waals surface area contributed by atoms with Gasteiger partial charge in [0.05, 0.1) is 0 Å². The van der Waals surface area contributed by atoms with Crippen LogP contribution in [0.5, 0.6) is 0 Å². The molecule has 1 saturated heterocycles. The van der Waals surface area contributed by atoms with Gasteiger partial charge in [-0.25, -0.2) is 0 Å². The molecule has 1 aliphatic heterocycles. The second kappa shape index (κ2) is 7.74.